The number of rotatable bonds is 3. The fourth-order valence-corrected chi connectivity index (χ4v) is 1.17. The van der Waals surface area contributed by atoms with Crippen LogP contribution in [-0.4, -0.2) is 15.6 Å². The van der Waals surface area contributed by atoms with Crippen LogP contribution in [0.25, 0.3) is 0 Å². The SMILES string of the molecule is CC(Br)C(=O)c1ccc(C(F)F)nc1. The summed E-state index contributed by atoms with van der Waals surface area (Å²) in [6.45, 7) is 1.67. The predicted molar refractivity (Wildman–Crippen MR) is 51.9 cm³/mol. The Kier molecular flexibility index (Phi) is 3.69. The second-order valence-corrected chi connectivity index (χ2v) is 4.13. The van der Waals surface area contributed by atoms with Crippen LogP contribution < -0.4 is 0 Å². The van der Waals surface area contributed by atoms with Gasteiger partial charge >= 0.3 is 0 Å². The maximum atomic E-state index is 12.1. The van der Waals surface area contributed by atoms with Crippen molar-refractivity contribution in [2.24, 2.45) is 0 Å². The predicted octanol–water partition coefficient (Wildman–Crippen LogP) is 2.99. The quantitative estimate of drug-likeness (QED) is 0.620. The summed E-state index contributed by atoms with van der Waals surface area (Å²) in [5.41, 5.74) is 0.0163. The highest BCUT2D eigenvalue weighted by atomic mass is 79.9. The van der Waals surface area contributed by atoms with Crippen molar-refractivity contribution >= 4 is 21.7 Å². The summed E-state index contributed by atoms with van der Waals surface area (Å²) >= 11 is 3.10. The van der Waals surface area contributed by atoms with Crippen LogP contribution in [-0.2, 0) is 0 Å². The van der Waals surface area contributed by atoms with Crippen LogP contribution in [0, 0.1) is 0 Å². The molecule has 14 heavy (non-hydrogen) atoms. The van der Waals surface area contributed by atoms with Gasteiger partial charge in [-0.15, -0.1) is 0 Å². The molecule has 1 heterocycles. The van der Waals surface area contributed by atoms with Gasteiger partial charge in [-0.3, -0.25) is 9.78 Å². The van der Waals surface area contributed by atoms with Crippen molar-refractivity contribution in [3.05, 3.63) is 29.6 Å². The van der Waals surface area contributed by atoms with Gasteiger partial charge in [-0.1, -0.05) is 15.9 Å². The Bertz CT molecular complexity index is 324. The summed E-state index contributed by atoms with van der Waals surface area (Å²) < 4.78 is 24.2. The van der Waals surface area contributed by atoms with E-state index in [-0.39, 0.29) is 16.3 Å². The molecule has 1 atom stereocenters. The molecule has 0 aromatic carbocycles. The third-order valence-electron chi connectivity index (χ3n) is 1.66. The number of Topliss-reactive ketones (excluding diaryl/α,β-unsaturated/α-hetero) is 1. The van der Waals surface area contributed by atoms with Crippen LogP contribution in [0.2, 0.25) is 0 Å². The van der Waals surface area contributed by atoms with E-state index in [4.69, 9.17) is 0 Å². The van der Waals surface area contributed by atoms with Gasteiger partial charge < -0.3 is 0 Å². The van der Waals surface area contributed by atoms with Gasteiger partial charge in [0.05, 0.1) is 4.83 Å². The van der Waals surface area contributed by atoms with E-state index in [1.807, 2.05) is 0 Å². The van der Waals surface area contributed by atoms with E-state index >= 15 is 0 Å². The second kappa shape index (κ2) is 4.59. The smallest absolute Gasteiger partial charge is 0.280 e. The Hall–Kier alpha value is -0.840. The number of ketones is 1. The molecule has 0 saturated heterocycles. The van der Waals surface area contributed by atoms with Crippen molar-refractivity contribution < 1.29 is 13.6 Å². The molecule has 76 valence electrons. The number of hydrogen-bond acceptors (Lipinski definition) is 2. The average molecular weight is 264 g/mol. The lowest BCUT2D eigenvalue weighted by Gasteiger charge is -2.03. The Balaban J connectivity index is 2.89. The van der Waals surface area contributed by atoms with Gasteiger partial charge in [0, 0.05) is 11.8 Å². The number of halogens is 3. The van der Waals surface area contributed by atoms with Crippen molar-refractivity contribution in [1.82, 2.24) is 4.98 Å². The molecule has 0 spiro atoms. The molecule has 1 aromatic heterocycles. The van der Waals surface area contributed by atoms with E-state index < -0.39 is 6.43 Å². The van der Waals surface area contributed by atoms with Crippen LogP contribution in [0.5, 0.6) is 0 Å². The number of carbonyl (C=O) groups excluding carboxylic acids is 1. The highest BCUT2D eigenvalue weighted by Crippen LogP contribution is 2.17. The summed E-state index contributed by atoms with van der Waals surface area (Å²) in [4.78, 5) is 14.5. The molecule has 0 saturated carbocycles. The van der Waals surface area contributed by atoms with Crippen molar-refractivity contribution in [3.63, 3.8) is 0 Å². The third-order valence-corrected chi connectivity index (χ3v) is 2.07. The zero-order valence-corrected chi connectivity index (χ0v) is 8.96. The molecule has 1 unspecified atom stereocenters. The molecule has 5 heteroatoms. The molecule has 0 amide bonds. The molecule has 0 radical (unpaired) electrons. The van der Waals surface area contributed by atoms with E-state index in [1.165, 1.54) is 12.3 Å². The number of aromatic nitrogens is 1. The van der Waals surface area contributed by atoms with Gasteiger partial charge in [0.2, 0.25) is 0 Å². The lowest BCUT2D eigenvalue weighted by atomic mass is 10.1. The Labute approximate surface area is 88.5 Å². The summed E-state index contributed by atoms with van der Waals surface area (Å²) in [5, 5.41) is 0. The first-order chi connectivity index (χ1) is 6.52. The van der Waals surface area contributed by atoms with Crippen molar-refractivity contribution in [2.45, 2.75) is 18.2 Å². The van der Waals surface area contributed by atoms with Crippen molar-refractivity contribution in [1.29, 1.82) is 0 Å². The van der Waals surface area contributed by atoms with Crippen molar-refractivity contribution in [2.75, 3.05) is 0 Å². The average Bonchev–Trinajstić information content (AvgIpc) is 2.16. The van der Waals surface area contributed by atoms with Gasteiger partial charge in [0.1, 0.15) is 5.69 Å². The first-order valence-corrected chi connectivity index (χ1v) is 4.86. The molecular weight excluding hydrogens is 256 g/mol. The van der Waals surface area contributed by atoms with E-state index in [0.717, 1.165) is 6.07 Å². The first kappa shape index (κ1) is 11.2. The van der Waals surface area contributed by atoms with Crippen LogP contribution in [0.1, 0.15) is 29.4 Å². The fraction of sp³-hybridized carbons (Fsp3) is 0.333. The Morgan fingerprint density at radius 1 is 1.50 bits per heavy atom. The second-order valence-electron chi connectivity index (χ2n) is 2.75. The summed E-state index contributed by atoms with van der Waals surface area (Å²) in [6.07, 6.45) is -1.43. The van der Waals surface area contributed by atoms with E-state index in [2.05, 4.69) is 20.9 Å². The van der Waals surface area contributed by atoms with Gasteiger partial charge in [-0.05, 0) is 19.1 Å². The van der Waals surface area contributed by atoms with Gasteiger partial charge in [-0.25, -0.2) is 8.78 Å². The molecule has 0 fully saturated rings. The molecular formula is C9H8BrF2NO. The minimum absolute atomic E-state index is 0.168. The molecule has 2 nitrogen and oxygen atoms in total. The zero-order valence-electron chi connectivity index (χ0n) is 7.38. The number of hydrogen-bond donors (Lipinski definition) is 0. The highest BCUT2D eigenvalue weighted by Gasteiger charge is 2.14. The molecule has 0 bridgehead atoms. The minimum Gasteiger partial charge on any atom is -0.293 e. The largest absolute Gasteiger partial charge is 0.293 e. The molecule has 0 aliphatic carbocycles. The monoisotopic (exact) mass is 263 g/mol. The van der Waals surface area contributed by atoms with Crippen LogP contribution in [0.3, 0.4) is 0 Å². The zero-order chi connectivity index (χ0) is 10.7. The lowest BCUT2D eigenvalue weighted by molar-refractivity contribution is 0.0994. The number of pyridine rings is 1. The van der Waals surface area contributed by atoms with Gasteiger partial charge in [-0.2, -0.15) is 0 Å². The summed E-state index contributed by atoms with van der Waals surface area (Å²) in [7, 11) is 0. The third kappa shape index (κ3) is 2.57. The first-order valence-electron chi connectivity index (χ1n) is 3.94. The van der Waals surface area contributed by atoms with E-state index in [9.17, 15) is 13.6 Å². The molecule has 0 N–H and O–H groups in total. The lowest BCUT2D eigenvalue weighted by Crippen LogP contribution is -2.10. The van der Waals surface area contributed by atoms with Crippen LogP contribution in [0.4, 0.5) is 8.78 Å². The number of nitrogens with zero attached hydrogens (tertiary/aromatic N) is 1. The van der Waals surface area contributed by atoms with Gasteiger partial charge in [0.25, 0.3) is 6.43 Å². The molecule has 1 aromatic rings. The number of carbonyl (C=O) groups is 1. The minimum atomic E-state index is -2.60. The normalized spacial score (nSPS) is 12.9. The maximum Gasteiger partial charge on any atom is 0.280 e. The highest BCUT2D eigenvalue weighted by molar-refractivity contribution is 9.10. The standard InChI is InChI=1S/C9H8BrF2NO/c1-5(10)8(14)6-2-3-7(9(11)12)13-4-6/h2-5,9H,1H3. The van der Waals surface area contributed by atoms with Gasteiger partial charge in [0.15, 0.2) is 5.78 Å². The topological polar surface area (TPSA) is 30.0 Å². The molecule has 0 aliphatic rings. The Morgan fingerprint density at radius 3 is 2.50 bits per heavy atom. The van der Waals surface area contributed by atoms with Crippen LogP contribution >= 0.6 is 15.9 Å². The van der Waals surface area contributed by atoms with Crippen molar-refractivity contribution in [3.8, 4) is 0 Å². The van der Waals surface area contributed by atoms with E-state index in [0.29, 0.717) is 5.56 Å². The summed E-state index contributed by atoms with van der Waals surface area (Å²) in [6, 6.07) is 2.52. The molecule has 0 aliphatic heterocycles. The van der Waals surface area contributed by atoms with E-state index in [1.54, 1.807) is 6.92 Å². The Morgan fingerprint density at radius 2 is 2.14 bits per heavy atom. The van der Waals surface area contributed by atoms with Crippen LogP contribution in [0.15, 0.2) is 18.3 Å². The number of alkyl halides is 3. The summed E-state index contributed by atoms with van der Waals surface area (Å²) in [5.74, 6) is -0.168. The maximum absolute atomic E-state index is 12.1. The molecule has 1 rings (SSSR count). The fourth-order valence-electron chi connectivity index (χ4n) is 0.910.